The molecule has 100 valence electrons. The second kappa shape index (κ2) is 6.72. The molecule has 0 aliphatic heterocycles. The van der Waals surface area contributed by atoms with Crippen LogP contribution in [0.5, 0.6) is 0 Å². The molecule has 0 bridgehead atoms. The zero-order valence-electron chi connectivity index (χ0n) is 10.3. The number of aromatic nitrogens is 3. The van der Waals surface area contributed by atoms with Crippen LogP contribution in [-0.4, -0.2) is 26.4 Å². The van der Waals surface area contributed by atoms with Crippen LogP contribution in [0.3, 0.4) is 0 Å². The molecule has 0 spiro atoms. The third-order valence-corrected chi connectivity index (χ3v) is 4.11. The number of amides is 1. The Balaban J connectivity index is 1.79. The normalized spacial score (nSPS) is 10.4. The van der Waals surface area contributed by atoms with Crippen molar-refractivity contribution in [3.05, 3.63) is 35.1 Å². The van der Waals surface area contributed by atoms with E-state index in [0.29, 0.717) is 12.2 Å². The van der Waals surface area contributed by atoms with Crippen LogP contribution in [0.2, 0.25) is 0 Å². The van der Waals surface area contributed by atoms with Gasteiger partial charge in [0.2, 0.25) is 5.91 Å². The number of hydrogen-bond acceptors (Lipinski definition) is 4. The highest BCUT2D eigenvalue weighted by molar-refractivity contribution is 9.10. The van der Waals surface area contributed by atoms with Crippen LogP contribution in [0, 0.1) is 0 Å². The Morgan fingerprint density at radius 3 is 2.95 bits per heavy atom. The number of nitrogens with zero attached hydrogens (tertiary/aromatic N) is 3. The number of carbonyl (C=O) groups excluding carboxylic acids is 1. The van der Waals surface area contributed by atoms with Gasteiger partial charge in [0.15, 0.2) is 5.16 Å². The van der Waals surface area contributed by atoms with E-state index in [1.807, 2.05) is 35.9 Å². The Morgan fingerprint density at radius 2 is 2.26 bits per heavy atom. The fourth-order valence-electron chi connectivity index (χ4n) is 1.41. The van der Waals surface area contributed by atoms with E-state index in [9.17, 15) is 4.79 Å². The van der Waals surface area contributed by atoms with E-state index >= 15 is 0 Å². The summed E-state index contributed by atoms with van der Waals surface area (Å²) >= 11 is 4.91. The van der Waals surface area contributed by atoms with Gasteiger partial charge in [-0.25, -0.2) is 0 Å². The fourth-order valence-corrected chi connectivity index (χ4v) is 2.62. The molecule has 1 heterocycles. The standard InChI is InChI=1S/C12H13BrN4OS/c1-17-8-14-16-12(17)19-7-6-11(18)15-10-5-3-2-4-9(10)13/h2-5,8H,6-7H2,1H3,(H,15,18). The van der Waals surface area contributed by atoms with Gasteiger partial charge in [0.25, 0.3) is 0 Å². The lowest BCUT2D eigenvalue weighted by Crippen LogP contribution is -2.12. The van der Waals surface area contributed by atoms with Gasteiger partial charge < -0.3 is 9.88 Å². The third kappa shape index (κ3) is 4.07. The molecular formula is C12H13BrN4OS. The molecule has 5 nitrogen and oxygen atoms in total. The SMILES string of the molecule is Cn1cnnc1SCCC(=O)Nc1ccccc1Br. The first kappa shape index (κ1) is 14.1. The molecule has 0 atom stereocenters. The summed E-state index contributed by atoms with van der Waals surface area (Å²) in [6.45, 7) is 0. The van der Waals surface area contributed by atoms with Crippen LogP contribution < -0.4 is 5.32 Å². The monoisotopic (exact) mass is 340 g/mol. The van der Waals surface area contributed by atoms with E-state index in [2.05, 4.69) is 31.4 Å². The smallest absolute Gasteiger partial charge is 0.225 e. The van der Waals surface area contributed by atoms with Crippen molar-refractivity contribution < 1.29 is 4.79 Å². The van der Waals surface area contributed by atoms with Crippen molar-refractivity contribution in [2.24, 2.45) is 7.05 Å². The molecule has 2 aromatic rings. The van der Waals surface area contributed by atoms with E-state index in [0.717, 1.165) is 15.3 Å². The Morgan fingerprint density at radius 1 is 1.47 bits per heavy atom. The van der Waals surface area contributed by atoms with Crippen LogP contribution in [0.15, 0.2) is 40.2 Å². The highest BCUT2D eigenvalue weighted by Crippen LogP contribution is 2.21. The number of hydrogen-bond donors (Lipinski definition) is 1. The summed E-state index contributed by atoms with van der Waals surface area (Å²) < 4.78 is 2.71. The van der Waals surface area contributed by atoms with Gasteiger partial charge in [0.05, 0.1) is 5.69 Å². The van der Waals surface area contributed by atoms with Crippen LogP contribution in [0.4, 0.5) is 5.69 Å². The minimum absolute atomic E-state index is 0.0124. The first-order valence-electron chi connectivity index (χ1n) is 5.68. The van der Waals surface area contributed by atoms with E-state index < -0.39 is 0 Å². The number of nitrogens with one attached hydrogen (secondary N) is 1. The van der Waals surface area contributed by atoms with Crippen molar-refractivity contribution in [3.63, 3.8) is 0 Å². The quantitative estimate of drug-likeness (QED) is 0.850. The topological polar surface area (TPSA) is 59.8 Å². The average molecular weight is 341 g/mol. The van der Waals surface area contributed by atoms with E-state index in [1.165, 1.54) is 11.8 Å². The molecule has 1 aromatic carbocycles. The number of carbonyl (C=O) groups is 1. The van der Waals surface area contributed by atoms with Gasteiger partial charge in [-0.3, -0.25) is 4.79 Å². The molecule has 0 radical (unpaired) electrons. The zero-order chi connectivity index (χ0) is 13.7. The van der Waals surface area contributed by atoms with Crippen LogP contribution in [-0.2, 0) is 11.8 Å². The summed E-state index contributed by atoms with van der Waals surface area (Å²) in [5, 5.41) is 11.4. The predicted octanol–water partition coefficient (Wildman–Crippen LogP) is 2.70. The Hall–Kier alpha value is -1.34. The van der Waals surface area contributed by atoms with E-state index in [4.69, 9.17) is 0 Å². The Labute approximate surface area is 123 Å². The minimum Gasteiger partial charge on any atom is -0.325 e. The third-order valence-electron chi connectivity index (χ3n) is 2.38. The number of benzene rings is 1. The molecule has 0 aliphatic rings. The van der Waals surface area contributed by atoms with Gasteiger partial charge in [-0.2, -0.15) is 0 Å². The van der Waals surface area contributed by atoms with Crippen LogP contribution in [0.1, 0.15) is 6.42 Å². The lowest BCUT2D eigenvalue weighted by Gasteiger charge is -2.06. The number of halogens is 1. The molecule has 0 saturated heterocycles. The molecule has 0 fully saturated rings. The molecule has 1 N–H and O–H groups in total. The van der Waals surface area contributed by atoms with E-state index in [-0.39, 0.29) is 5.91 Å². The van der Waals surface area contributed by atoms with Gasteiger partial charge in [0.1, 0.15) is 6.33 Å². The fraction of sp³-hybridized carbons (Fsp3) is 0.250. The molecule has 0 aliphatic carbocycles. The first-order valence-corrected chi connectivity index (χ1v) is 7.46. The maximum atomic E-state index is 11.8. The highest BCUT2D eigenvalue weighted by atomic mass is 79.9. The van der Waals surface area contributed by atoms with E-state index in [1.54, 1.807) is 6.33 Å². The molecule has 0 unspecified atom stereocenters. The van der Waals surface area contributed by atoms with Crippen LogP contribution >= 0.6 is 27.7 Å². The summed E-state index contributed by atoms with van der Waals surface area (Å²) in [4.78, 5) is 11.8. The summed E-state index contributed by atoms with van der Waals surface area (Å²) in [5.74, 6) is 0.657. The lowest BCUT2D eigenvalue weighted by molar-refractivity contribution is -0.115. The Bertz CT molecular complexity index is 572. The lowest BCUT2D eigenvalue weighted by atomic mass is 10.3. The van der Waals surface area contributed by atoms with Gasteiger partial charge in [-0.15, -0.1) is 10.2 Å². The predicted molar refractivity (Wildman–Crippen MR) is 79.1 cm³/mol. The van der Waals surface area contributed by atoms with Gasteiger partial charge in [-0.1, -0.05) is 23.9 Å². The van der Waals surface area contributed by atoms with Crippen molar-refractivity contribution >= 4 is 39.3 Å². The summed E-state index contributed by atoms with van der Waals surface area (Å²) in [7, 11) is 1.88. The molecular weight excluding hydrogens is 328 g/mol. The first-order chi connectivity index (χ1) is 9.16. The number of thioether (sulfide) groups is 1. The van der Waals surface area contributed by atoms with Crippen LogP contribution in [0.25, 0.3) is 0 Å². The van der Waals surface area contributed by atoms with Crippen molar-refractivity contribution in [1.29, 1.82) is 0 Å². The molecule has 1 amide bonds. The Kier molecular flexibility index (Phi) is 4.98. The van der Waals surface area contributed by atoms with Crippen molar-refractivity contribution in [2.45, 2.75) is 11.6 Å². The summed E-state index contributed by atoms with van der Waals surface area (Å²) in [6, 6.07) is 7.54. The average Bonchev–Trinajstić information content (AvgIpc) is 2.78. The number of rotatable bonds is 5. The number of aryl methyl sites for hydroxylation is 1. The molecule has 0 saturated carbocycles. The summed E-state index contributed by atoms with van der Waals surface area (Å²) in [6.07, 6.45) is 2.07. The van der Waals surface area contributed by atoms with Crippen molar-refractivity contribution in [2.75, 3.05) is 11.1 Å². The second-order valence-electron chi connectivity index (χ2n) is 3.85. The van der Waals surface area contributed by atoms with Gasteiger partial charge in [-0.05, 0) is 28.1 Å². The molecule has 19 heavy (non-hydrogen) atoms. The van der Waals surface area contributed by atoms with Gasteiger partial charge >= 0.3 is 0 Å². The maximum Gasteiger partial charge on any atom is 0.225 e. The molecule has 1 aromatic heterocycles. The summed E-state index contributed by atoms with van der Waals surface area (Å²) in [5.41, 5.74) is 0.788. The zero-order valence-corrected chi connectivity index (χ0v) is 12.7. The number of anilines is 1. The highest BCUT2D eigenvalue weighted by Gasteiger charge is 2.07. The molecule has 2 rings (SSSR count). The van der Waals surface area contributed by atoms with Gasteiger partial charge in [0, 0.05) is 23.7 Å². The van der Waals surface area contributed by atoms with Crippen molar-refractivity contribution in [1.82, 2.24) is 14.8 Å². The van der Waals surface area contributed by atoms with Crippen molar-refractivity contribution in [3.8, 4) is 0 Å². The minimum atomic E-state index is -0.0124. The largest absolute Gasteiger partial charge is 0.325 e. The molecule has 7 heteroatoms. The number of para-hydroxylation sites is 1. The second-order valence-corrected chi connectivity index (χ2v) is 5.77. The maximum absolute atomic E-state index is 11.8.